The van der Waals surface area contributed by atoms with Crippen molar-refractivity contribution in [3.05, 3.63) is 59.8 Å². The third-order valence-electron chi connectivity index (χ3n) is 8.25. The zero-order valence-electron chi connectivity index (χ0n) is 21.2. The molecular formula is C29H37N3O2. The molecule has 0 atom stereocenters. The van der Waals surface area contributed by atoms with Gasteiger partial charge in [-0.3, -0.25) is 0 Å². The van der Waals surface area contributed by atoms with Crippen molar-refractivity contribution in [1.29, 1.82) is 0 Å². The molecule has 0 radical (unpaired) electrons. The Morgan fingerprint density at radius 3 is 2.38 bits per heavy atom. The van der Waals surface area contributed by atoms with Crippen molar-refractivity contribution in [2.45, 2.75) is 77.0 Å². The number of rotatable bonds is 6. The third kappa shape index (κ3) is 4.21. The van der Waals surface area contributed by atoms with Crippen molar-refractivity contribution in [3.63, 3.8) is 0 Å². The summed E-state index contributed by atoms with van der Waals surface area (Å²) in [6, 6.07) is 10.9. The fourth-order valence-corrected chi connectivity index (χ4v) is 5.89. The molecule has 0 aliphatic heterocycles. The molecule has 5 nitrogen and oxygen atoms in total. The molecule has 5 heteroatoms. The molecule has 3 aliphatic carbocycles. The summed E-state index contributed by atoms with van der Waals surface area (Å²) < 4.78 is 11.2. The molecule has 34 heavy (non-hydrogen) atoms. The van der Waals surface area contributed by atoms with E-state index in [1.807, 2.05) is 12.3 Å². The number of pyridine rings is 1. The van der Waals surface area contributed by atoms with Gasteiger partial charge in [0.05, 0.1) is 7.11 Å². The Kier molecular flexibility index (Phi) is 5.70. The minimum atomic E-state index is -0.104. The van der Waals surface area contributed by atoms with Crippen LogP contribution in [0.15, 0.2) is 47.2 Å². The van der Waals surface area contributed by atoms with Gasteiger partial charge in [0.2, 0.25) is 0 Å². The molecule has 2 bridgehead atoms. The SMILES string of the molecule is COc1ccc(C23CCC(CNc4cc(-c5coc(C(C)(C)C)n5)ccn4)(CC2)CC3)cc1C. The van der Waals surface area contributed by atoms with Crippen LogP contribution in [0, 0.1) is 12.3 Å². The summed E-state index contributed by atoms with van der Waals surface area (Å²) in [5.74, 6) is 2.66. The third-order valence-corrected chi connectivity index (χ3v) is 8.25. The molecule has 0 unspecified atom stereocenters. The van der Waals surface area contributed by atoms with Crippen LogP contribution < -0.4 is 10.1 Å². The molecule has 180 valence electrons. The molecule has 2 aromatic heterocycles. The molecule has 0 amide bonds. The number of nitrogens with one attached hydrogen (secondary N) is 1. The van der Waals surface area contributed by atoms with Crippen molar-refractivity contribution in [2.24, 2.45) is 5.41 Å². The zero-order chi connectivity index (χ0) is 24.0. The van der Waals surface area contributed by atoms with Crippen molar-refractivity contribution in [3.8, 4) is 17.0 Å². The van der Waals surface area contributed by atoms with E-state index in [4.69, 9.17) is 14.1 Å². The highest BCUT2D eigenvalue weighted by Crippen LogP contribution is 2.58. The highest BCUT2D eigenvalue weighted by atomic mass is 16.5. The zero-order valence-corrected chi connectivity index (χ0v) is 21.2. The largest absolute Gasteiger partial charge is 0.496 e. The Hall–Kier alpha value is -2.82. The van der Waals surface area contributed by atoms with Crippen LogP contribution in [0.3, 0.4) is 0 Å². The Morgan fingerprint density at radius 2 is 1.76 bits per heavy atom. The van der Waals surface area contributed by atoms with Gasteiger partial charge in [-0.25, -0.2) is 9.97 Å². The van der Waals surface area contributed by atoms with Crippen LogP contribution in [0.25, 0.3) is 11.3 Å². The standard InChI is InChI=1S/C29H37N3O2/c1-20-16-22(6-7-24(20)33-5)29-12-9-28(10-13-29,11-14-29)19-31-25-17-21(8-15-30-25)23-18-34-26(32-23)27(2,3)4/h6-8,15-18H,9-14,19H2,1-5H3,(H,30,31). The van der Waals surface area contributed by atoms with Gasteiger partial charge in [0.15, 0.2) is 5.89 Å². The summed E-state index contributed by atoms with van der Waals surface area (Å²) in [6.45, 7) is 9.47. The number of benzene rings is 1. The van der Waals surface area contributed by atoms with Gasteiger partial charge in [-0.05, 0) is 85.6 Å². The molecule has 1 N–H and O–H groups in total. The van der Waals surface area contributed by atoms with Crippen LogP contribution in [0.4, 0.5) is 5.82 Å². The van der Waals surface area contributed by atoms with E-state index in [9.17, 15) is 0 Å². The van der Waals surface area contributed by atoms with Gasteiger partial charge in [-0.1, -0.05) is 32.9 Å². The smallest absolute Gasteiger partial charge is 0.199 e. The summed E-state index contributed by atoms with van der Waals surface area (Å²) in [5.41, 5.74) is 5.25. The first-order chi connectivity index (χ1) is 16.2. The first-order valence-electron chi connectivity index (χ1n) is 12.5. The number of nitrogens with zero attached hydrogens (tertiary/aromatic N) is 2. The van der Waals surface area contributed by atoms with E-state index < -0.39 is 0 Å². The van der Waals surface area contributed by atoms with Crippen LogP contribution in [0.5, 0.6) is 5.75 Å². The van der Waals surface area contributed by atoms with Crippen LogP contribution >= 0.6 is 0 Å². The molecule has 3 saturated carbocycles. The van der Waals surface area contributed by atoms with Crippen molar-refractivity contribution >= 4 is 5.82 Å². The maximum atomic E-state index is 5.72. The molecule has 2 heterocycles. The number of fused-ring (bicyclic) bond motifs is 3. The quantitative estimate of drug-likeness (QED) is 0.428. The summed E-state index contributed by atoms with van der Waals surface area (Å²) in [7, 11) is 1.75. The number of oxazole rings is 1. The number of hydrogen-bond donors (Lipinski definition) is 1. The first-order valence-corrected chi connectivity index (χ1v) is 12.5. The van der Waals surface area contributed by atoms with E-state index in [-0.39, 0.29) is 5.41 Å². The number of aryl methyl sites for hydroxylation is 1. The van der Waals surface area contributed by atoms with Gasteiger partial charge in [0.25, 0.3) is 0 Å². The Morgan fingerprint density at radius 1 is 1.03 bits per heavy atom. The highest BCUT2D eigenvalue weighted by Gasteiger charge is 2.49. The van der Waals surface area contributed by atoms with Crippen molar-refractivity contribution in [2.75, 3.05) is 19.0 Å². The van der Waals surface area contributed by atoms with Crippen LogP contribution in [0.1, 0.15) is 76.3 Å². The van der Waals surface area contributed by atoms with E-state index in [0.29, 0.717) is 10.8 Å². The van der Waals surface area contributed by atoms with Crippen molar-refractivity contribution < 1.29 is 9.15 Å². The maximum Gasteiger partial charge on any atom is 0.199 e. The Balaban J connectivity index is 1.25. The fraction of sp³-hybridized carbons (Fsp3) is 0.517. The molecule has 1 aromatic carbocycles. The maximum absolute atomic E-state index is 5.72. The van der Waals surface area contributed by atoms with Gasteiger partial charge < -0.3 is 14.5 Å². The van der Waals surface area contributed by atoms with E-state index in [0.717, 1.165) is 35.3 Å². The molecular weight excluding hydrogens is 422 g/mol. The van der Waals surface area contributed by atoms with Crippen LogP contribution in [-0.4, -0.2) is 23.6 Å². The highest BCUT2D eigenvalue weighted by molar-refractivity contribution is 5.62. The van der Waals surface area contributed by atoms with Gasteiger partial charge >= 0.3 is 0 Å². The predicted molar refractivity (Wildman–Crippen MR) is 136 cm³/mol. The molecule has 3 fully saturated rings. The summed E-state index contributed by atoms with van der Waals surface area (Å²) >= 11 is 0. The lowest BCUT2D eigenvalue weighted by Gasteiger charge is -2.54. The van der Waals surface area contributed by atoms with E-state index in [2.05, 4.69) is 62.3 Å². The minimum Gasteiger partial charge on any atom is -0.496 e. The Bertz CT molecular complexity index is 1150. The second-order valence-corrected chi connectivity index (χ2v) is 11.5. The van der Waals surface area contributed by atoms with Gasteiger partial charge in [0.1, 0.15) is 23.5 Å². The van der Waals surface area contributed by atoms with Gasteiger partial charge in [0, 0.05) is 23.7 Å². The van der Waals surface area contributed by atoms with E-state index >= 15 is 0 Å². The normalized spacial score (nSPS) is 24.3. The first kappa shape index (κ1) is 22.9. The Labute approximate surface area is 203 Å². The summed E-state index contributed by atoms with van der Waals surface area (Å²) in [4.78, 5) is 9.29. The second-order valence-electron chi connectivity index (χ2n) is 11.5. The lowest BCUT2D eigenvalue weighted by molar-refractivity contribution is 0.0505. The molecule has 6 rings (SSSR count). The minimum absolute atomic E-state index is 0.104. The van der Waals surface area contributed by atoms with Crippen LogP contribution in [0.2, 0.25) is 0 Å². The summed E-state index contributed by atoms with van der Waals surface area (Å²) in [6.07, 6.45) is 11.2. The molecule has 0 saturated heterocycles. The average Bonchev–Trinajstić information content (AvgIpc) is 3.36. The molecule has 3 aromatic rings. The number of methoxy groups -OCH3 is 1. The van der Waals surface area contributed by atoms with Crippen molar-refractivity contribution in [1.82, 2.24) is 9.97 Å². The number of aromatic nitrogens is 2. The second kappa shape index (κ2) is 8.44. The van der Waals surface area contributed by atoms with Gasteiger partial charge in [-0.15, -0.1) is 0 Å². The molecule has 3 aliphatic rings. The lowest BCUT2D eigenvalue weighted by Crippen LogP contribution is -2.47. The number of ether oxygens (including phenoxy) is 1. The fourth-order valence-electron chi connectivity index (χ4n) is 5.89. The monoisotopic (exact) mass is 459 g/mol. The van der Waals surface area contributed by atoms with Crippen LogP contribution in [-0.2, 0) is 10.8 Å². The molecule has 0 spiro atoms. The van der Waals surface area contributed by atoms with E-state index in [1.54, 1.807) is 13.4 Å². The van der Waals surface area contributed by atoms with Gasteiger partial charge in [-0.2, -0.15) is 0 Å². The lowest BCUT2D eigenvalue weighted by atomic mass is 9.52. The summed E-state index contributed by atoms with van der Waals surface area (Å²) in [5, 5.41) is 3.67. The number of anilines is 1. The topological polar surface area (TPSA) is 60.2 Å². The average molecular weight is 460 g/mol. The predicted octanol–water partition coefficient (Wildman–Crippen LogP) is 7.06. The number of hydrogen-bond acceptors (Lipinski definition) is 5. The van der Waals surface area contributed by atoms with E-state index in [1.165, 1.54) is 49.7 Å².